The summed E-state index contributed by atoms with van der Waals surface area (Å²) in [5.41, 5.74) is -0.219. The van der Waals surface area contributed by atoms with E-state index in [1.807, 2.05) is 16.9 Å². The van der Waals surface area contributed by atoms with Gasteiger partial charge < -0.3 is 10.2 Å². The van der Waals surface area contributed by atoms with Crippen molar-refractivity contribution in [2.24, 2.45) is 0 Å². The van der Waals surface area contributed by atoms with Gasteiger partial charge in [-0.15, -0.1) is 0 Å². The first-order valence-corrected chi connectivity index (χ1v) is 6.41. The van der Waals surface area contributed by atoms with Crippen molar-refractivity contribution >= 4 is 0 Å². The van der Waals surface area contributed by atoms with Gasteiger partial charge in [-0.25, -0.2) is 0 Å². The molecule has 0 spiro atoms. The molecule has 4 heteroatoms. The number of aromatic nitrogens is 2. The van der Waals surface area contributed by atoms with Crippen molar-refractivity contribution in [3.05, 3.63) is 18.0 Å². The molecule has 17 heavy (non-hydrogen) atoms. The first-order chi connectivity index (χ1) is 7.97. The van der Waals surface area contributed by atoms with Gasteiger partial charge in [-0.3, -0.25) is 4.68 Å². The SMILES string of the molecule is CC(C)(O)C(O)Cc1ccn(C2CCCC2)n1. The molecule has 1 heterocycles. The van der Waals surface area contributed by atoms with Crippen LogP contribution in [-0.4, -0.2) is 31.7 Å². The van der Waals surface area contributed by atoms with Gasteiger partial charge in [-0.1, -0.05) is 12.8 Å². The van der Waals surface area contributed by atoms with Crippen LogP contribution in [0.1, 0.15) is 51.3 Å². The van der Waals surface area contributed by atoms with Crippen molar-refractivity contribution in [1.82, 2.24) is 9.78 Å². The predicted octanol–water partition coefficient (Wildman–Crippen LogP) is 1.67. The lowest BCUT2D eigenvalue weighted by Crippen LogP contribution is -2.37. The zero-order valence-corrected chi connectivity index (χ0v) is 10.6. The minimum atomic E-state index is -1.07. The second-order valence-corrected chi connectivity index (χ2v) is 5.60. The minimum absolute atomic E-state index is 0.406. The summed E-state index contributed by atoms with van der Waals surface area (Å²) >= 11 is 0. The second kappa shape index (κ2) is 4.78. The Morgan fingerprint density at radius 1 is 1.47 bits per heavy atom. The monoisotopic (exact) mass is 238 g/mol. The molecular weight excluding hydrogens is 216 g/mol. The predicted molar refractivity (Wildman–Crippen MR) is 65.7 cm³/mol. The Balaban J connectivity index is 1.98. The highest BCUT2D eigenvalue weighted by Crippen LogP contribution is 2.28. The van der Waals surface area contributed by atoms with Crippen LogP contribution in [0, 0.1) is 0 Å². The van der Waals surface area contributed by atoms with Crippen LogP contribution in [0.2, 0.25) is 0 Å². The van der Waals surface area contributed by atoms with Gasteiger partial charge in [0.05, 0.1) is 23.4 Å². The van der Waals surface area contributed by atoms with Gasteiger partial charge in [0.15, 0.2) is 0 Å². The van der Waals surface area contributed by atoms with Crippen molar-refractivity contribution < 1.29 is 10.2 Å². The normalized spacial score (nSPS) is 19.8. The average Bonchev–Trinajstić information content (AvgIpc) is 2.83. The summed E-state index contributed by atoms with van der Waals surface area (Å²) in [6.45, 7) is 3.23. The molecule has 96 valence electrons. The van der Waals surface area contributed by atoms with Crippen molar-refractivity contribution in [3.63, 3.8) is 0 Å². The Morgan fingerprint density at radius 2 is 2.12 bits per heavy atom. The van der Waals surface area contributed by atoms with Crippen LogP contribution in [-0.2, 0) is 6.42 Å². The van der Waals surface area contributed by atoms with Gasteiger partial charge in [-0.2, -0.15) is 5.10 Å². The second-order valence-electron chi connectivity index (χ2n) is 5.60. The molecule has 1 saturated carbocycles. The molecule has 0 amide bonds. The number of nitrogens with zero attached hydrogens (tertiary/aromatic N) is 2. The summed E-state index contributed by atoms with van der Waals surface area (Å²) in [6.07, 6.45) is 6.60. The fraction of sp³-hybridized carbons (Fsp3) is 0.769. The maximum atomic E-state index is 9.81. The number of hydrogen-bond donors (Lipinski definition) is 2. The van der Waals surface area contributed by atoms with E-state index >= 15 is 0 Å². The van der Waals surface area contributed by atoms with Crippen LogP contribution in [0.4, 0.5) is 0 Å². The van der Waals surface area contributed by atoms with Gasteiger partial charge in [0.2, 0.25) is 0 Å². The quantitative estimate of drug-likeness (QED) is 0.839. The third kappa shape index (κ3) is 3.07. The lowest BCUT2D eigenvalue weighted by atomic mass is 9.98. The van der Waals surface area contributed by atoms with E-state index in [2.05, 4.69) is 5.10 Å². The van der Waals surface area contributed by atoms with Gasteiger partial charge in [0.1, 0.15) is 0 Å². The largest absolute Gasteiger partial charge is 0.390 e. The number of aliphatic hydroxyl groups is 2. The molecule has 0 aromatic carbocycles. The fourth-order valence-electron chi connectivity index (χ4n) is 2.31. The van der Waals surface area contributed by atoms with E-state index in [0.717, 1.165) is 5.69 Å². The Labute approximate surface area is 102 Å². The third-order valence-corrected chi connectivity index (χ3v) is 3.58. The van der Waals surface area contributed by atoms with Gasteiger partial charge in [0, 0.05) is 12.6 Å². The lowest BCUT2D eigenvalue weighted by Gasteiger charge is -2.23. The first kappa shape index (κ1) is 12.6. The molecule has 1 fully saturated rings. The minimum Gasteiger partial charge on any atom is -0.390 e. The summed E-state index contributed by atoms with van der Waals surface area (Å²) in [6, 6.07) is 2.47. The average molecular weight is 238 g/mol. The first-order valence-electron chi connectivity index (χ1n) is 6.41. The van der Waals surface area contributed by atoms with Gasteiger partial charge >= 0.3 is 0 Å². The fourth-order valence-corrected chi connectivity index (χ4v) is 2.31. The summed E-state index contributed by atoms with van der Waals surface area (Å²) in [4.78, 5) is 0. The lowest BCUT2D eigenvalue weighted by molar-refractivity contribution is -0.0474. The topological polar surface area (TPSA) is 58.3 Å². The Morgan fingerprint density at radius 3 is 2.71 bits per heavy atom. The number of hydrogen-bond acceptors (Lipinski definition) is 3. The molecule has 1 aliphatic rings. The number of aliphatic hydroxyl groups excluding tert-OH is 1. The molecule has 2 rings (SSSR count). The van der Waals surface area contributed by atoms with Crippen molar-refractivity contribution in [2.75, 3.05) is 0 Å². The Hall–Kier alpha value is -0.870. The van der Waals surface area contributed by atoms with Gasteiger partial charge in [-0.05, 0) is 32.8 Å². The van der Waals surface area contributed by atoms with Crippen LogP contribution in [0.3, 0.4) is 0 Å². The van der Waals surface area contributed by atoms with Crippen molar-refractivity contribution in [3.8, 4) is 0 Å². The summed E-state index contributed by atoms with van der Waals surface area (Å²) in [5.74, 6) is 0. The van der Waals surface area contributed by atoms with E-state index in [1.165, 1.54) is 25.7 Å². The van der Waals surface area contributed by atoms with E-state index < -0.39 is 11.7 Å². The van der Waals surface area contributed by atoms with E-state index in [0.29, 0.717) is 12.5 Å². The van der Waals surface area contributed by atoms with E-state index in [9.17, 15) is 10.2 Å². The highest BCUT2D eigenvalue weighted by molar-refractivity contribution is 5.03. The van der Waals surface area contributed by atoms with Crippen LogP contribution in [0.15, 0.2) is 12.3 Å². The molecule has 0 radical (unpaired) electrons. The third-order valence-electron chi connectivity index (χ3n) is 3.58. The molecule has 4 nitrogen and oxygen atoms in total. The highest BCUT2D eigenvalue weighted by Gasteiger charge is 2.26. The van der Waals surface area contributed by atoms with E-state index in [1.54, 1.807) is 13.8 Å². The van der Waals surface area contributed by atoms with Gasteiger partial charge in [0.25, 0.3) is 0 Å². The smallest absolute Gasteiger partial charge is 0.0877 e. The summed E-state index contributed by atoms with van der Waals surface area (Å²) in [5, 5.41) is 24.0. The molecule has 1 atom stereocenters. The maximum absolute atomic E-state index is 9.81. The van der Waals surface area contributed by atoms with Crippen molar-refractivity contribution in [2.45, 2.75) is 63.7 Å². The molecule has 0 aliphatic heterocycles. The molecule has 1 aromatic rings. The van der Waals surface area contributed by atoms with Crippen LogP contribution >= 0.6 is 0 Å². The van der Waals surface area contributed by atoms with Crippen LogP contribution in [0.25, 0.3) is 0 Å². The van der Waals surface area contributed by atoms with Crippen LogP contribution in [0.5, 0.6) is 0 Å². The maximum Gasteiger partial charge on any atom is 0.0877 e. The van der Waals surface area contributed by atoms with Crippen molar-refractivity contribution in [1.29, 1.82) is 0 Å². The van der Waals surface area contributed by atoms with E-state index in [-0.39, 0.29) is 0 Å². The molecular formula is C13H22N2O2. The molecule has 0 bridgehead atoms. The molecule has 1 aromatic heterocycles. The Bertz CT molecular complexity index is 362. The highest BCUT2D eigenvalue weighted by atomic mass is 16.3. The number of rotatable bonds is 4. The van der Waals surface area contributed by atoms with E-state index in [4.69, 9.17) is 0 Å². The molecule has 0 saturated heterocycles. The Kier molecular flexibility index (Phi) is 3.54. The van der Waals surface area contributed by atoms with Crippen LogP contribution < -0.4 is 0 Å². The standard InChI is InChI=1S/C13H22N2O2/c1-13(2,17)12(16)9-10-7-8-15(14-10)11-5-3-4-6-11/h7-8,11-12,16-17H,3-6,9H2,1-2H3. The summed E-state index contributed by atoms with van der Waals surface area (Å²) < 4.78 is 2.01. The summed E-state index contributed by atoms with van der Waals surface area (Å²) in [7, 11) is 0. The molecule has 1 unspecified atom stereocenters. The molecule has 1 aliphatic carbocycles. The zero-order valence-electron chi connectivity index (χ0n) is 10.6. The molecule has 2 N–H and O–H groups in total. The zero-order chi connectivity index (χ0) is 12.5.